The van der Waals surface area contributed by atoms with E-state index in [9.17, 15) is 4.79 Å². The topological polar surface area (TPSA) is 81.2 Å². The van der Waals surface area contributed by atoms with E-state index in [0.717, 1.165) is 16.6 Å². The zero-order valence-corrected chi connectivity index (χ0v) is 13.9. The van der Waals surface area contributed by atoms with Crippen LogP contribution < -0.4 is 10.1 Å². The summed E-state index contributed by atoms with van der Waals surface area (Å²) in [5.41, 5.74) is 2.10. The van der Waals surface area contributed by atoms with E-state index in [1.165, 1.54) is 0 Å². The lowest BCUT2D eigenvalue weighted by atomic mass is 10.2. The van der Waals surface area contributed by atoms with Gasteiger partial charge in [-0.25, -0.2) is 0 Å². The van der Waals surface area contributed by atoms with Crippen molar-refractivity contribution in [2.75, 3.05) is 13.2 Å². The number of carbonyl (C=O) groups is 1. The molecule has 0 spiro atoms. The summed E-state index contributed by atoms with van der Waals surface area (Å²) >= 11 is 0. The van der Waals surface area contributed by atoms with E-state index < -0.39 is 0 Å². The quantitative estimate of drug-likeness (QED) is 0.736. The maximum atomic E-state index is 12.5. The van der Waals surface area contributed by atoms with Gasteiger partial charge in [-0.1, -0.05) is 18.2 Å². The summed E-state index contributed by atoms with van der Waals surface area (Å²) in [5, 5.41) is 10.7. The number of benzene rings is 1. The molecule has 0 aliphatic carbocycles. The first-order chi connectivity index (χ1) is 12.2. The average molecular weight is 340 g/mol. The fraction of sp³-hybridized carbons (Fsp3) is 0.333. The van der Waals surface area contributed by atoms with Gasteiger partial charge in [-0.3, -0.25) is 9.89 Å². The van der Waals surface area contributed by atoms with Crippen LogP contribution in [0.3, 0.4) is 0 Å². The van der Waals surface area contributed by atoms with E-state index in [1.807, 2.05) is 19.2 Å². The van der Waals surface area contributed by atoms with Gasteiger partial charge in [0, 0.05) is 18.3 Å². The number of hydrogen-bond donors (Lipinski definition) is 2. The van der Waals surface area contributed by atoms with Crippen molar-refractivity contribution in [3.05, 3.63) is 48.4 Å². The molecule has 0 bridgehead atoms. The van der Waals surface area contributed by atoms with Gasteiger partial charge in [0.15, 0.2) is 5.75 Å². The Bertz CT molecular complexity index is 872. The fourth-order valence-electron chi connectivity index (χ4n) is 3.20. The van der Waals surface area contributed by atoms with Crippen molar-refractivity contribution < 1.29 is 14.3 Å². The molecule has 0 radical (unpaired) electrons. The molecule has 3 aromatic rings. The number of fused-ring (bicyclic) bond motifs is 1. The highest BCUT2D eigenvalue weighted by atomic mass is 16.5. The molecule has 1 fully saturated rings. The number of aromatic amines is 1. The lowest BCUT2D eigenvalue weighted by Crippen LogP contribution is -2.45. The van der Waals surface area contributed by atoms with Crippen molar-refractivity contribution in [1.82, 2.24) is 20.1 Å². The van der Waals surface area contributed by atoms with Gasteiger partial charge in [-0.15, -0.1) is 0 Å². The normalized spacial score (nSPS) is 20.0. The van der Waals surface area contributed by atoms with E-state index in [2.05, 4.69) is 38.3 Å². The van der Waals surface area contributed by atoms with Crippen LogP contribution in [0.25, 0.3) is 10.9 Å². The van der Waals surface area contributed by atoms with Crippen molar-refractivity contribution in [1.29, 1.82) is 0 Å². The van der Waals surface area contributed by atoms with Crippen LogP contribution in [-0.4, -0.2) is 46.0 Å². The van der Waals surface area contributed by atoms with Crippen molar-refractivity contribution >= 4 is 16.8 Å². The van der Waals surface area contributed by atoms with Crippen LogP contribution in [-0.2, 0) is 23.0 Å². The third kappa shape index (κ3) is 3.23. The number of nitrogens with zero attached hydrogens (tertiary/aromatic N) is 2. The summed E-state index contributed by atoms with van der Waals surface area (Å²) < 4.78 is 13.3. The van der Waals surface area contributed by atoms with Gasteiger partial charge in [0.2, 0.25) is 5.91 Å². The molecule has 1 saturated heterocycles. The summed E-state index contributed by atoms with van der Waals surface area (Å²) in [7, 11) is 1.98. The number of aromatic nitrogens is 3. The first-order valence-electron chi connectivity index (χ1n) is 8.26. The number of para-hydroxylation sites is 1. The molecule has 25 heavy (non-hydrogen) atoms. The second-order valence-electron chi connectivity index (χ2n) is 6.23. The zero-order chi connectivity index (χ0) is 17.2. The van der Waals surface area contributed by atoms with Crippen LogP contribution in [0.2, 0.25) is 0 Å². The Hall–Kier alpha value is -2.80. The van der Waals surface area contributed by atoms with Gasteiger partial charge in [0.1, 0.15) is 6.10 Å². The summed E-state index contributed by atoms with van der Waals surface area (Å²) in [5.74, 6) is 0.602. The molecule has 4 rings (SSSR count). The summed E-state index contributed by atoms with van der Waals surface area (Å²) in [6, 6.07) is 9.99. The number of ether oxygens (including phenoxy) is 2. The van der Waals surface area contributed by atoms with Gasteiger partial charge in [0.05, 0.1) is 38.1 Å². The lowest BCUT2D eigenvalue weighted by Gasteiger charge is -2.19. The maximum Gasteiger partial charge on any atom is 0.226 e. The molecule has 1 aliphatic rings. The second-order valence-corrected chi connectivity index (χ2v) is 6.23. The van der Waals surface area contributed by atoms with E-state index in [4.69, 9.17) is 9.47 Å². The Morgan fingerprint density at radius 3 is 3.12 bits per heavy atom. The molecule has 3 heterocycles. The zero-order valence-electron chi connectivity index (χ0n) is 13.9. The standard InChI is InChI=1S/C18H20N4O3/c1-22-13(6-12-4-2-3-5-16(12)22)7-18(23)21-15-10-24-11-17(15)25-14-8-19-20-9-14/h2-6,8-9,15,17H,7,10-11H2,1H3,(H,19,20)(H,21,23)/t15-,17+/m0/s1. The molecule has 2 N–H and O–H groups in total. The molecule has 1 aliphatic heterocycles. The van der Waals surface area contributed by atoms with Crippen LogP contribution >= 0.6 is 0 Å². The molecule has 0 unspecified atom stereocenters. The van der Waals surface area contributed by atoms with Crippen molar-refractivity contribution in [3.63, 3.8) is 0 Å². The minimum atomic E-state index is -0.214. The number of carbonyl (C=O) groups excluding carboxylic acids is 1. The SMILES string of the molecule is Cn1c(CC(=O)N[C@H]2COC[C@H]2Oc2cn[nH]c2)cc2ccccc21. The third-order valence-corrected chi connectivity index (χ3v) is 4.53. The molecule has 7 heteroatoms. The highest BCUT2D eigenvalue weighted by molar-refractivity contribution is 5.84. The van der Waals surface area contributed by atoms with Crippen LogP contribution in [0, 0.1) is 0 Å². The highest BCUT2D eigenvalue weighted by Gasteiger charge is 2.31. The minimum Gasteiger partial charge on any atom is -0.482 e. The van der Waals surface area contributed by atoms with Gasteiger partial charge in [-0.2, -0.15) is 5.10 Å². The first-order valence-corrected chi connectivity index (χ1v) is 8.26. The van der Waals surface area contributed by atoms with Crippen LogP contribution in [0.15, 0.2) is 42.7 Å². The Labute approximate surface area is 144 Å². The number of rotatable bonds is 5. The van der Waals surface area contributed by atoms with E-state index in [-0.39, 0.29) is 18.1 Å². The number of nitrogens with one attached hydrogen (secondary N) is 2. The van der Waals surface area contributed by atoms with Crippen molar-refractivity contribution in [2.24, 2.45) is 7.05 Å². The number of amides is 1. The Kier molecular flexibility index (Phi) is 4.15. The van der Waals surface area contributed by atoms with Crippen LogP contribution in [0.4, 0.5) is 0 Å². The molecule has 0 saturated carbocycles. The third-order valence-electron chi connectivity index (χ3n) is 4.53. The van der Waals surface area contributed by atoms with Gasteiger partial charge in [-0.05, 0) is 17.5 Å². The molecule has 7 nitrogen and oxygen atoms in total. The van der Waals surface area contributed by atoms with Gasteiger partial charge >= 0.3 is 0 Å². The average Bonchev–Trinajstić information content (AvgIpc) is 3.32. The Morgan fingerprint density at radius 2 is 2.32 bits per heavy atom. The maximum absolute atomic E-state index is 12.5. The van der Waals surface area contributed by atoms with E-state index in [1.54, 1.807) is 12.4 Å². The first kappa shape index (κ1) is 15.7. The van der Waals surface area contributed by atoms with Crippen molar-refractivity contribution in [2.45, 2.75) is 18.6 Å². The fourth-order valence-corrected chi connectivity index (χ4v) is 3.20. The van der Waals surface area contributed by atoms with Crippen LogP contribution in [0.1, 0.15) is 5.69 Å². The summed E-state index contributed by atoms with van der Waals surface area (Å²) in [6.45, 7) is 0.896. The molecule has 1 amide bonds. The monoisotopic (exact) mass is 340 g/mol. The smallest absolute Gasteiger partial charge is 0.226 e. The predicted octanol–water partition coefficient (Wildman–Crippen LogP) is 1.41. The molecule has 2 atom stereocenters. The van der Waals surface area contributed by atoms with E-state index >= 15 is 0 Å². The summed E-state index contributed by atoms with van der Waals surface area (Å²) in [6.07, 6.45) is 3.38. The number of aryl methyl sites for hydroxylation is 1. The van der Waals surface area contributed by atoms with E-state index in [0.29, 0.717) is 25.4 Å². The summed E-state index contributed by atoms with van der Waals surface area (Å²) in [4.78, 5) is 12.5. The Morgan fingerprint density at radius 1 is 1.44 bits per heavy atom. The molecule has 1 aromatic carbocycles. The number of H-pyrrole nitrogens is 1. The molecular formula is C18H20N4O3. The number of hydrogen-bond acceptors (Lipinski definition) is 4. The van der Waals surface area contributed by atoms with Gasteiger partial charge in [0.25, 0.3) is 0 Å². The second kappa shape index (κ2) is 6.60. The lowest BCUT2D eigenvalue weighted by molar-refractivity contribution is -0.121. The van der Waals surface area contributed by atoms with Crippen LogP contribution in [0.5, 0.6) is 5.75 Å². The Balaban J connectivity index is 1.41. The predicted molar refractivity (Wildman–Crippen MR) is 92.4 cm³/mol. The molecule has 2 aromatic heterocycles. The minimum absolute atomic E-state index is 0.0396. The van der Waals surface area contributed by atoms with Gasteiger partial charge < -0.3 is 19.4 Å². The molecule has 130 valence electrons. The highest BCUT2D eigenvalue weighted by Crippen LogP contribution is 2.19. The van der Waals surface area contributed by atoms with Crippen molar-refractivity contribution in [3.8, 4) is 5.75 Å². The largest absolute Gasteiger partial charge is 0.482 e. The molecular weight excluding hydrogens is 320 g/mol.